The maximum atomic E-state index is 13.4. The van der Waals surface area contributed by atoms with E-state index in [9.17, 15) is 4.39 Å². The summed E-state index contributed by atoms with van der Waals surface area (Å²) in [5.74, 6) is -0.381. The molecule has 0 atom stereocenters. The van der Waals surface area contributed by atoms with Crippen molar-refractivity contribution in [3.8, 4) is 17.0 Å². The van der Waals surface area contributed by atoms with Crippen LogP contribution in [0.15, 0.2) is 36.5 Å². The first kappa shape index (κ1) is 9.93. The zero-order valence-corrected chi connectivity index (χ0v) is 8.37. The summed E-state index contributed by atoms with van der Waals surface area (Å²) in [5, 5.41) is 9.38. The van der Waals surface area contributed by atoms with Crippen molar-refractivity contribution in [3.63, 3.8) is 0 Å². The van der Waals surface area contributed by atoms with E-state index in [2.05, 4.69) is 4.98 Å². The van der Waals surface area contributed by atoms with Crippen molar-refractivity contribution in [2.75, 3.05) is 0 Å². The SMILES string of the molecule is Oc1ccc(-c2ccc(Cl)cc2F)nc1. The fourth-order valence-electron chi connectivity index (χ4n) is 1.24. The third-order valence-corrected chi connectivity index (χ3v) is 2.19. The monoisotopic (exact) mass is 223 g/mol. The fourth-order valence-corrected chi connectivity index (χ4v) is 1.40. The van der Waals surface area contributed by atoms with Crippen LogP contribution >= 0.6 is 11.6 Å². The number of benzene rings is 1. The summed E-state index contributed by atoms with van der Waals surface area (Å²) in [4.78, 5) is 3.91. The van der Waals surface area contributed by atoms with Gasteiger partial charge in [-0.25, -0.2) is 4.39 Å². The maximum Gasteiger partial charge on any atom is 0.134 e. The zero-order valence-electron chi connectivity index (χ0n) is 7.61. The normalized spacial score (nSPS) is 10.3. The topological polar surface area (TPSA) is 33.1 Å². The third-order valence-electron chi connectivity index (χ3n) is 1.95. The number of pyridine rings is 1. The van der Waals surface area contributed by atoms with Gasteiger partial charge in [0.15, 0.2) is 0 Å². The van der Waals surface area contributed by atoms with Gasteiger partial charge in [-0.1, -0.05) is 11.6 Å². The molecule has 76 valence electrons. The lowest BCUT2D eigenvalue weighted by Gasteiger charge is -2.02. The van der Waals surface area contributed by atoms with Crippen LogP contribution in [0.1, 0.15) is 0 Å². The number of hydrogen-bond donors (Lipinski definition) is 1. The van der Waals surface area contributed by atoms with Crippen LogP contribution in [0.3, 0.4) is 0 Å². The number of rotatable bonds is 1. The molecule has 2 aromatic rings. The van der Waals surface area contributed by atoms with Gasteiger partial charge >= 0.3 is 0 Å². The first-order valence-corrected chi connectivity index (χ1v) is 4.65. The van der Waals surface area contributed by atoms with Crippen molar-refractivity contribution in [2.24, 2.45) is 0 Å². The molecule has 15 heavy (non-hydrogen) atoms. The Morgan fingerprint density at radius 3 is 2.60 bits per heavy atom. The Hall–Kier alpha value is -1.61. The Bertz CT molecular complexity index is 484. The molecular formula is C11H7ClFNO. The molecule has 0 bridgehead atoms. The molecule has 0 saturated carbocycles. The summed E-state index contributed by atoms with van der Waals surface area (Å²) in [6.45, 7) is 0. The molecule has 1 heterocycles. The lowest BCUT2D eigenvalue weighted by atomic mass is 10.1. The lowest BCUT2D eigenvalue weighted by molar-refractivity contribution is 0.473. The average Bonchev–Trinajstić information content (AvgIpc) is 2.20. The second kappa shape index (κ2) is 3.87. The largest absolute Gasteiger partial charge is 0.506 e. The van der Waals surface area contributed by atoms with E-state index in [-0.39, 0.29) is 5.75 Å². The van der Waals surface area contributed by atoms with E-state index in [1.165, 1.54) is 18.3 Å². The van der Waals surface area contributed by atoms with Crippen LogP contribution in [0.2, 0.25) is 5.02 Å². The van der Waals surface area contributed by atoms with Crippen molar-refractivity contribution in [3.05, 3.63) is 47.4 Å². The first-order chi connectivity index (χ1) is 7.16. The van der Waals surface area contributed by atoms with E-state index in [4.69, 9.17) is 16.7 Å². The first-order valence-electron chi connectivity index (χ1n) is 4.27. The van der Waals surface area contributed by atoms with Crippen molar-refractivity contribution < 1.29 is 9.50 Å². The zero-order chi connectivity index (χ0) is 10.8. The summed E-state index contributed by atoms with van der Waals surface area (Å²) in [6, 6.07) is 7.37. The van der Waals surface area contributed by atoms with Gasteiger partial charge in [-0.3, -0.25) is 4.98 Å². The van der Waals surface area contributed by atoms with E-state index >= 15 is 0 Å². The van der Waals surface area contributed by atoms with Crippen LogP contribution in [0.25, 0.3) is 11.3 Å². The second-order valence-corrected chi connectivity index (χ2v) is 3.46. The molecule has 0 spiro atoms. The van der Waals surface area contributed by atoms with Crippen LogP contribution in [0.5, 0.6) is 5.75 Å². The standard InChI is InChI=1S/C11H7ClFNO/c12-7-1-3-9(10(13)5-7)11-4-2-8(15)6-14-11/h1-6,15H. The number of halogens is 2. The third kappa shape index (κ3) is 2.07. The number of aromatic hydroxyl groups is 1. The van der Waals surface area contributed by atoms with Gasteiger partial charge in [0.2, 0.25) is 0 Å². The number of nitrogens with zero attached hydrogens (tertiary/aromatic N) is 1. The Labute approximate surface area is 91.0 Å². The Morgan fingerprint density at radius 2 is 2.00 bits per heavy atom. The minimum Gasteiger partial charge on any atom is -0.506 e. The molecule has 1 aromatic carbocycles. The average molecular weight is 224 g/mol. The van der Waals surface area contributed by atoms with Crippen molar-refractivity contribution in [1.82, 2.24) is 4.98 Å². The van der Waals surface area contributed by atoms with Gasteiger partial charge in [-0.05, 0) is 30.3 Å². The highest BCUT2D eigenvalue weighted by molar-refractivity contribution is 6.30. The van der Waals surface area contributed by atoms with Crippen LogP contribution in [0.4, 0.5) is 4.39 Å². The van der Waals surface area contributed by atoms with Crippen LogP contribution in [-0.4, -0.2) is 10.1 Å². The van der Waals surface area contributed by atoms with E-state index in [0.717, 1.165) is 0 Å². The molecule has 1 N–H and O–H groups in total. The molecule has 0 amide bonds. The summed E-state index contributed by atoms with van der Waals surface area (Å²) >= 11 is 5.63. The molecular weight excluding hydrogens is 217 g/mol. The Morgan fingerprint density at radius 1 is 1.20 bits per heavy atom. The van der Waals surface area contributed by atoms with Gasteiger partial charge in [-0.2, -0.15) is 0 Å². The van der Waals surface area contributed by atoms with E-state index in [1.807, 2.05) is 0 Å². The molecule has 2 rings (SSSR count). The minimum absolute atomic E-state index is 0.0492. The molecule has 0 saturated heterocycles. The molecule has 4 heteroatoms. The molecule has 0 unspecified atom stereocenters. The van der Waals surface area contributed by atoms with Gasteiger partial charge in [0.1, 0.15) is 11.6 Å². The lowest BCUT2D eigenvalue weighted by Crippen LogP contribution is -1.86. The maximum absolute atomic E-state index is 13.4. The van der Waals surface area contributed by atoms with E-state index < -0.39 is 5.82 Å². The number of hydrogen-bond acceptors (Lipinski definition) is 2. The summed E-state index contributed by atoms with van der Waals surface area (Å²) in [7, 11) is 0. The molecule has 2 nitrogen and oxygen atoms in total. The smallest absolute Gasteiger partial charge is 0.134 e. The Kier molecular flexibility index (Phi) is 2.56. The molecule has 0 aliphatic heterocycles. The van der Waals surface area contributed by atoms with Crippen LogP contribution in [0, 0.1) is 5.82 Å². The van der Waals surface area contributed by atoms with Crippen molar-refractivity contribution >= 4 is 11.6 Å². The molecule has 0 fully saturated rings. The highest BCUT2D eigenvalue weighted by atomic mass is 35.5. The van der Waals surface area contributed by atoms with Crippen molar-refractivity contribution in [1.29, 1.82) is 0 Å². The van der Waals surface area contributed by atoms with Gasteiger partial charge in [0.05, 0.1) is 11.9 Å². The quantitative estimate of drug-likeness (QED) is 0.805. The summed E-state index contributed by atoms with van der Waals surface area (Å²) in [6.07, 6.45) is 1.27. The second-order valence-electron chi connectivity index (χ2n) is 3.03. The van der Waals surface area contributed by atoms with Gasteiger partial charge in [-0.15, -0.1) is 0 Å². The molecule has 0 radical (unpaired) electrons. The minimum atomic E-state index is -0.430. The fraction of sp³-hybridized carbons (Fsp3) is 0. The van der Waals surface area contributed by atoms with Crippen LogP contribution in [-0.2, 0) is 0 Å². The molecule has 0 aliphatic rings. The van der Waals surface area contributed by atoms with Crippen molar-refractivity contribution in [2.45, 2.75) is 0 Å². The number of aromatic nitrogens is 1. The van der Waals surface area contributed by atoms with Gasteiger partial charge < -0.3 is 5.11 Å². The predicted octanol–water partition coefficient (Wildman–Crippen LogP) is 3.25. The van der Waals surface area contributed by atoms with Crippen LogP contribution < -0.4 is 0 Å². The molecule has 0 aliphatic carbocycles. The van der Waals surface area contributed by atoms with E-state index in [1.54, 1.807) is 18.2 Å². The summed E-state index contributed by atoms with van der Waals surface area (Å²) < 4.78 is 13.4. The summed E-state index contributed by atoms with van der Waals surface area (Å²) in [5.41, 5.74) is 0.821. The highest BCUT2D eigenvalue weighted by Crippen LogP contribution is 2.24. The predicted molar refractivity (Wildman–Crippen MR) is 56.3 cm³/mol. The highest BCUT2D eigenvalue weighted by Gasteiger charge is 2.06. The van der Waals surface area contributed by atoms with E-state index in [0.29, 0.717) is 16.3 Å². The molecule has 1 aromatic heterocycles. The Balaban J connectivity index is 2.49. The van der Waals surface area contributed by atoms with Gasteiger partial charge in [0, 0.05) is 10.6 Å². The van der Waals surface area contributed by atoms with Gasteiger partial charge in [0.25, 0.3) is 0 Å².